The highest BCUT2D eigenvalue weighted by atomic mass is 32.2. The van der Waals surface area contributed by atoms with Gasteiger partial charge in [0, 0.05) is 6.20 Å². The zero-order valence-electron chi connectivity index (χ0n) is 15.3. The van der Waals surface area contributed by atoms with Crippen LogP contribution in [0.25, 0.3) is 0 Å². The lowest BCUT2D eigenvalue weighted by Gasteiger charge is -2.19. The number of carbonyl (C=O) groups is 1. The molecule has 0 aliphatic rings. The predicted octanol–water partition coefficient (Wildman–Crippen LogP) is 3.79. The number of amides is 1. The second-order valence-corrected chi connectivity index (χ2v) is 8.23. The summed E-state index contributed by atoms with van der Waals surface area (Å²) in [6.07, 6.45) is 0.638. The van der Waals surface area contributed by atoms with Crippen LogP contribution in [0.15, 0.2) is 83.9 Å². The van der Waals surface area contributed by atoms with Gasteiger partial charge in [-0.05, 0) is 36.8 Å². The number of rotatable bonds is 6. The number of ether oxygens (including phenoxy) is 1. The van der Waals surface area contributed by atoms with Crippen molar-refractivity contribution in [3.8, 4) is 0 Å². The highest BCUT2D eigenvalue weighted by Crippen LogP contribution is 2.26. The summed E-state index contributed by atoms with van der Waals surface area (Å²) in [6.45, 7) is 1.90. The van der Waals surface area contributed by atoms with E-state index >= 15 is 0 Å². The van der Waals surface area contributed by atoms with E-state index in [1.165, 1.54) is 18.3 Å². The Labute approximate surface area is 164 Å². The third kappa shape index (κ3) is 4.75. The quantitative estimate of drug-likeness (QED) is 0.685. The van der Waals surface area contributed by atoms with Gasteiger partial charge in [-0.2, -0.15) is 0 Å². The van der Waals surface area contributed by atoms with Gasteiger partial charge in [0.05, 0.1) is 10.6 Å². The van der Waals surface area contributed by atoms with Gasteiger partial charge in [0.15, 0.2) is 5.37 Å². The molecule has 1 unspecified atom stereocenters. The Balaban J connectivity index is 1.83. The molecule has 1 heterocycles. The Morgan fingerprint density at radius 3 is 2.32 bits per heavy atom. The van der Waals surface area contributed by atoms with Crippen molar-refractivity contribution in [2.24, 2.45) is 0 Å². The molecule has 0 fully saturated rings. The number of alkyl carbamates (subject to hydrolysis) is 1. The monoisotopic (exact) mass is 396 g/mol. The summed E-state index contributed by atoms with van der Waals surface area (Å²) in [5.41, 5.74) is 1.94. The van der Waals surface area contributed by atoms with Crippen LogP contribution >= 0.6 is 0 Å². The van der Waals surface area contributed by atoms with Crippen LogP contribution in [0.4, 0.5) is 4.79 Å². The zero-order chi connectivity index (χ0) is 20.0. The first-order valence-corrected chi connectivity index (χ1v) is 10.2. The molecule has 3 rings (SSSR count). The molecule has 1 N–H and O–H groups in total. The molecule has 144 valence electrons. The Bertz CT molecular complexity index is 1020. The number of sulfone groups is 1. The summed E-state index contributed by atoms with van der Waals surface area (Å²) in [4.78, 5) is 16.5. The van der Waals surface area contributed by atoms with Gasteiger partial charge in [-0.1, -0.05) is 54.1 Å². The van der Waals surface area contributed by atoms with Gasteiger partial charge in [-0.15, -0.1) is 0 Å². The number of hydrogen-bond acceptors (Lipinski definition) is 5. The van der Waals surface area contributed by atoms with Crippen molar-refractivity contribution >= 4 is 15.9 Å². The van der Waals surface area contributed by atoms with Gasteiger partial charge >= 0.3 is 6.09 Å². The first kappa shape index (κ1) is 19.6. The third-order valence-corrected chi connectivity index (χ3v) is 5.99. The number of carbonyl (C=O) groups excluding carboxylic acids is 1. The second-order valence-electron chi connectivity index (χ2n) is 6.20. The van der Waals surface area contributed by atoms with E-state index in [4.69, 9.17) is 4.74 Å². The highest BCUT2D eigenvalue weighted by Gasteiger charge is 2.32. The van der Waals surface area contributed by atoms with Crippen LogP contribution in [0.2, 0.25) is 0 Å². The minimum atomic E-state index is -3.92. The minimum Gasteiger partial charge on any atom is -0.445 e. The summed E-state index contributed by atoms with van der Waals surface area (Å²) in [7, 11) is -3.92. The van der Waals surface area contributed by atoms with E-state index in [1.54, 1.807) is 30.3 Å². The molecule has 2 aromatic carbocycles. The normalized spacial score (nSPS) is 12.2. The molecule has 0 aliphatic heterocycles. The number of aromatic nitrogens is 1. The maximum atomic E-state index is 13.1. The summed E-state index contributed by atoms with van der Waals surface area (Å²) >= 11 is 0. The number of aryl methyl sites for hydroxylation is 1. The molecule has 3 aromatic rings. The van der Waals surface area contributed by atoms with Crippen LogP contribution in [0.5, 0.6) is 0 Å². The lowest BCUT2D eigenvalue weighted by Crippen LogP contribution is -2.34. The van der Waals surface area contributed by atoms with Crippen LogP contribution in [0.1, 0.15) is 22.2 Å². The van der Waals surface area contributed by atoms with Crippen molar-refractivity contribution < 1.29 is 17.9 Å². The van der Waals surface area contributed by atoms with Crippen LogP contribution < -0.4 is 5.32 Å². The predicted molar refractivity (Wildman–Crippen MR) is 105 cm³/mol. The Kier molecular flexibility index (Phi) is 6.06. The van der Waals surface area contributed by atoms with E-state index in [0.717, 1.165) is 11.1 Å². The van der Waals surface area contributed by atoms with Crippen LogP contribution in [-0.2, 0) is 21.2 Å². The number of nitrogens with zero attached hydrogens (tertiary/aromatic N) is 1. The summed E-state index contributed by atoms with van der Waals surface area (Å²) in [5.74, 6) is 0. The van der Waals surface area contributed by atoms with E-state index in [1.807, 2.05) is 37.3 Å². The average Bonchev–Trinajstić information content (AvgIpc) is 2.72. The Morgan fingerprint density at radius 2 is 1.68 bits per heavy atom. The van der Waals surface area contributed by atoms with Gasteiger partial charge in [0.2, 0.25) is 9.84 Å². The van der Waals surface area contributed by atoms with Crippen molar-refractivity contribution in [3.05, 3.63) is 95.8 Å². The lowest BCUT2D eigenvalue weighted by atomic mass is 10.2. The molecule has 0 radical (unpaired) electrons. The van der Waals surface area contributed by atoms with Crippen LogP contribution in [0.3, 0.4) is 0 Å². The van der Waals surface area contributed by atoms with Crippen molar-refractivity contribution in [2.45, 2.75) is 23.8 Å². The standard InChI is InChI=1S/C21H20N2O4S/c1-16-10-12-18(13-11-16)28(25,26)20(19-9-5-6-14-22-19)23-21(24)27-15-17-7-3-2-4-8-17/h2-14,20H,15H2,1H3,(H,23,24). The van der Waals surface area contributed by atoms with Gasteiger partial charge in [-0.3, -0.25) is 10.3 Å². The first-order valence-electron chi connectivity index (χ1n) is 8.65. The maximum absolute atomic E-state index is 13.1. The fraction of sp³-hybridized carbons (Fsp3) is 0.143. The number of nitrogens with one attached hydrogen (secondary N) is 1. The van der Waals surface area contributed by atoms with Crippen molar-refractivity contribution in [1.29, 1.82) is 0 Å². The van der Waals surface area contributed by atoms with Crippen LogP contribution in [0, 0.1) is 6.92 Å². The number of pyridine rings is 1. The second kappa shape index (κ2) is 8.67. The molecule has 0 bridgehead atoms. The molecule has 1 amide bonds. The summed E-state index contributed by atoms with van der Waals surface area (Å²) in [5, 5.41) is 1.08. The largest absolute Gasteiger partial charge is 0.445 e. The Morgan fingerprint density at radius 1 is 1.00 bits per heavy atom. The van der Waals surface area contributed by atoms with E-state index in [9.17, 15) is 13.2 Å². The number of benzene rings is 2. The molecule has 7 heteroatoms. The first-order chi connectivity index (χ1) is 13.5. The van der Waals surface area contributed by atoms with Crippen molar-refractivity contribution in [1.82, 2.24) is 10.3 Å². The number of hydrogen-bond donors (Lipinski definition) is 1. The molecule has 1 atom stereocenters. The molecule has 0 saturated carbocycles. The van der Waals surface area contributed by atoms with Crippen LogP contribution in [-0.4, -0.2) is 19.5 Å². The lowest BCUT2D eigenvalue weighted by molar-refractivity contribution is 0.138. The fourth-order valence-corrected chi connectivity index (χ4v) is 4.07. The van der Waals surface area contributed by atoms with Gasteiger partial charge in [0.25, 0.3) is 0 Å². The molecular formula is C21H20N2O4S. The molecule has 6 nitrogen and oxygen atoms in total. The van der Waals surface area contributed by atoms with Gasteiger partial charge in [0.1, 0.15) is 6.61 Å². The van der Waals surface area contributed by atoms with Gasteiger partial charge in [-0.25, -0.2) is 13.2 Å². The smallest absolute Gasteiger partial charge is 0.408 e. The highest BCUT2D eigenvalue weighted by molar-refractivity contribution is 7.91. The summed E-state index contributed by atoms with van der Waals surface area (Å²) in [6, 6.07) is 20.5. The maximum Gasteiger partial charge on any atom is 0.408 e. The van der Waals surface area contributed by atoms with E-state index < -0.39 is 21.3 Å². The van der Waals surface area contributed by atoms with E-state index in [0.29, 0.717) is 0 Å². The molecule has 1 aromatic heterocycles. The zero-order valence-corrected chi connectivity index (χ0v) is 16.1. The molecule has 0 spiro atoms. The van der Waals surface area contributed by atoms with Crippen molar-refractivity contribution in [3.63, 3.8) is 0 Å². The third-order valence-electron chi connectivity index (χ3n) is 4.08. The molecular weight excluding hydrogens is 376 g/mol. The average molecular weight is 396 g/mol. The van der Waals surface area contributed by atoms with E-state index in [2.05, 4.69) is 10.3 Å². The molecule has 0 aliphatic carbocycles. The van der Waals surface area contributed by atoms with Crippen molar-refractivity contribution in [2.75, 3.05) is 0 Å². The minimum absolute atomic E-state index is 0.0339. The topological polar surface area (TPSA) is 85.4 Å². The summed E-state index contributed by atoms with van der Waals surface area (Å²) < 4.78 is 31.5. The Hall–Kier alpha value is -3.19. The van der Waals surface area contributed by atoms with Gasteiger partial charge < -0.3 is 4.74 Å². The fourth-order valence-electron chi connectivity index (χ4n) is 2.58. The molecule has 0 saturated heterocycles. The van der Waals surface area contributed by atoms with E-state index in [-0.39, 0.29) is 17.2 Å². The SMILES string of the molecule is Cc1ccc(S(=O)(=O)C(NC(=O)OCc2ccccc2)c2ccccn2)cc1. The molecule has 28 heavy (non-hydrogen) atoms.